The maximum absolute atomic E-state index is 13.3. The summed E-state index contributed by atoms with van der Waals surface area (Å²) >= 11 is 0. The van der Waals surface area contributed by atoms with Crippen LogP contribution in [0.3, 0.4) is 0 Å². The third-order valence-corrected chi connectivity index (χ3v) is 6.08. The number of amides is 2. The maximum atomic E-state index is 13.3. The van der Waals surface area contributed by atoms with Gasteiger partial charge in [-0.15, -0.1) is 0 Å². The second-order valence-electron chi connectivity index (χ2n) is 8.75. The number of carbonyl (C=O) groups is 2. The van der Waals surface area contributed by atoms with Crippen LogP contribution in [-0.2, 0) is 4.79 Å². The normalized spacial score (nSPS) is 17.4. The molecule has 8 nitrogen and oxygen atoms in total. The molecule has 1 aliphatic heterocycles. The number of ether oxygens (including phenoxy) is 4. The Bertz CT molecular complexity index is 980. The van der Waals surface area contributed by atoms with Crippen LogP contribution >= 0.6 is 0 Å². The van der Waals surface area contributed by atoms with Crippen LogP contribution in [0.1, 0.15) is 35.7 Å². The number of nitrogens with zero attached hydrogens (tertiary/aromatic N) is 1. The van der Waals surface area contributed by atoms with Gasteiger partial charge in [-0.05, 0) is 47.9 Å². The highest BCUT2D eigenvalue weighted by atomic mass is 16.5. The first-order valence-corrected chi connectivity index (χ1v) is 11.3. The Balaban J connectivity index is 1.95. The molecule has 184 valence electrons. The molecule has 2 atom stereocenters. The molecule has 1 heterocycles. The summed E-state index contributed by atoms with van der Waals surface area (Å²) in [7, 11) is 6.25. The molecule has 1 N–H and O–H groups in total. The van der Waals surface area contributed by atoms with Gasteiger partial charge in [-0.1, -0.05) is 13.8 Å². The van der Waals surface area contributed by atoms with Crippen molar-refractivity contribution in [2.45, 2.75) is 19.8 Å². The average Bonchev–Trinajstić information content (AvgIpc) is 3.31. The molecule has 0 radical (unpaired) electrons. The van der Waals surface area contributed by atoms with Crippen molar-refractivity contribution in [3.63, 3.8) is 0 Å². The standard InChI is InChI=1S/C26H34N2O6/c1-16(2)13-27-25(29)21-15-28(26(30)17-7-9-19(31-3)10-8-17)14-20(21)18-11-22(32-4)24(34-6)23(12-18)33-5/h7-12,16,20-21H,13-15H2,1-6H3,(H,27,29)/t20-,21-/m1/s1. The Morgan fingerprint density at radius 3 is 2.06 bits per heavy atom. The number of nitrogens with one attached hydrogen (secondary N) is 1. The first-order chi connectivity index (χ1) is 16.3. The number of benzene rings is 2. The number of methoxy groups -OCH3 is 4. The Labute approximate surface area is 201 Å². The lowest BCUT2D eigenvalue weighted by Crippen LogP contribution is -2.37. The Hall–Kier alpha value is -3.42. The molecule has 2 aromatic rings. The molecule has 2 amide bonds. The number of hydrogen-bond acceptors (Lipinski definition) is 6. The fourth-order valence-electron chi connectivity index (χ4n) is 4.24. The summed E-state index contributed by atoms with van der Waals surface area (Å²) < 4.78 is 21.7. The Morgan fingerprint density at radius 1 is 0.941 bits per heavy atom. The molecule has 0 bridgehead atoms. The van der Waals surface area contributed by atoms with Gasteiger partial charge in [-0.3, -0.25) is 9.59 Å². The smallest absolute Gasteiger partial charge is 0.253 e. The van der Waals surface area contributed by atoms with E-state index in [4.69, 9.17) is 18.9 Å². The average molecular weight is 471 g/mol. The van der Waals surface area contributed by atoms with E-state index in [9.17, 15) is 9.59 Å². The molecular formula is C26H34N2O6. The summed E-state index contributed by atoms with van der Waals surface area (Å²) in [6, 6.07) is 10.7. The zero-order valence-corrected chi connectivity index (χ0v) is 20.7. The first kappa shape index (κ1) is 25.2. The number of rotatable bonds is 9. The van der Waals surface area contributed by atoms with E-state index in [1.807, 2.05) is 26.0 Å². The van der Waals surface area contributed by atoms with Crippen LogP contribution in [0.15, 0.2) is 36.4 Å². The van der Waals surface area contributed by atoms with Crippen molar-refractivity contribution in [3.8, 4) is 23.0 Å². The van der Waals surface area contributed by atoms with E-state index in [2.05, 4.69) is 5.32 Å². The predicted octanol–water partition coefficient (Wildman–Crippen LogP) is 3.35. The van der Waals surface area contributed by atoms with Gasteiger partial charge < -0.3 is 29.2 Å². The minimum atomic E-state index is -0.413. The highest BCUT2D eigenvalue weighted by Gasteiger charge is 2.41. The van der Waals surface area contributed by atoms with Crippen molar-refractivity contribution < 1.29 is 28.5 Å². The van der Waals surface area contributed by atoms with Crippen LogP contribution in [0.2, 0.25) is 0 Å². The van der Waals surface area contributed by atoms with E-state index in [0.29, 0.717) is 54.1 Å². The molecule has 1 aliphatic rings. The first-order valence-electron chi connectivity index (χ1n) is 11.3. The third-order valence-electron chi connectivity index (χ3n) is 6.08. The molecule has 0 saturated carbocycles. The van der Waals surface area contributed by atoms with Crippen LogP contribution in [0, 0.1) is 11.8 Å². The van der Waals surface area contributed by atoms with Crippen molar-refractivity contribution in [2.75, 3.05) is 48.1 Å². The van der Waals surface area contributed by atoms with Gasteiger partial charge in [-0.25, -0.2) is 0 Å². The third kappa shape index (κ3) is 5.38. The van der Waals surface area contributed by atoms with Crippen LogP contribution < -0.4 is 24.3 Å². The van der Waals surface area contributed by atoms with Crippen LogP contribution in [0.25, 0.3) is 0 Å². The minimum absolute atomic E-state index is 0.0718. The van der Waals surface area contributed by atoms with Gasteiger partial charge in [0.25, 0.3) is 5.91 Å². The second kappa shape index (κ2) is 11.1. The molecule has 34 heavy (non-hydrogen) atoms. The summed E-state index contributed by atoms with van der Waals surface area (Å²) in [5.74, 6) is 1.67. The number of likely N-dealkylation sites (tertiary alicyclic amines) is 1. The molecule has 1 saturated heterocycles. The fourth-order valence-corrected chi connectivity index (χ4v) is 4.24. The van der Waals surface area contributed by atoms with Crippen LogP contribution in [-0.4, -0.2) is 64.8 Å². The molecule has 0 spiro atoms. The zero-order valence-electron chi connectivity index (χ0n) is 20.7. The van der Waals surface area contributed by atoms with Crippen molar-refractivity contribution >= 4 is 11.8 Å². The van der Waals surface area contributed by atoms with E-state index in [1.54, 1.807) is 57.6 Å². The molecule has 0 aromatic heterocycles. The van der Waals surface area contributed by atoms with Gasteiger partial charge in [0.15, 0.2) is 11.5 Å². The van der Waals surface area contributed by atoms with Crippen molar-refractivity contribution in [1.82, 2.24) is 10.2 Å². The topological polar surface area (TPSA) is 86.3 Å². The van der Waals surface area contributed by atoms with Gasteiger partial charge in [0, 0.05) is 31.1 Å². The molecule has 8 heteroatoms. The van der Waals surface area contributed by atoms with Crippen molar-refractivity contribution in [2.24, 2.45) is 11.8 Å². The molecule has 3 rings (SSSR count). The van der Waals surface area contributed by atoms with Gasteiger partial charge in [0.2, 0.25) is 11.7 Å². The van der Waals surface area contributed by atoms with Gasteiger partial charge >= 0.3 is 0 Å². The quantitative estimate of drug-likeness (QED) is 0.605. The van der Waals surface area contributed by atoms with Gasteiger partial charge in [-0.2, -0.15) is 0 Å². The fraction of sp³-hybridized carbons (Fsp3) is 0.462. The van der Waals surface area contributed by atoms with E-state index >= 15 is 0 Å². The summed E-state index contributed by atoms with van der Waals surface area (Å²) in [5, 5.41) is 3.04. The van der Waals surface area contributed by atoms with Crippen molar-refractivity contribution in [3.05, 3.63) is 47.5 Å². The van der Waals surface area contributed by atoms with E-state index in [0.717, 1.165) is 5.56 Å². The Kier molecular flexibility index (Phi) is 8.26. The second-order valence-corrected chi connectivity index (χ2v) is 8.75. The molecule has 1 fully saturated rings. The lowest BCUT2D eigenvalue weighted by Gasteiger charge is -2.21. The molecule has 2 aromatic carbocycles. The maximum Gasteiger partial charge on any atom is 0.253 e. The summed E-state index contributed by atoms with van der Waals surface area (Å²) in [6.07, 6.45) is 0. The molecule has 0 unspecified atom stereocenters. The summed E-state index contributed by atoms with van der Waals surface area (Å²) in [5.41, 5.74) is 1.40. The van der Waals surface area contributed by atoms with E-state index in [-0.39, 0.29) is 17.7 Å². The molecular weight excluding hydrogens is 436 g/mol. The summed E-state index contributed by atoms with van der Waals surface area (Å²) in [6.45, 7) is 5.37. The number of hydrogen-bond donors (Lipinski definition) is 1. The summed E-state index contributed by atoms with van der Waals surface area (Å²) in [4.78, 5) is 28.2. The van der Waals surface area contributed by atoms with Crippen LogP contribution in [0.5, 0.6) is 23.0 Å². The van der Waals surface area contributed by atoms with Crippen LogP contribution in [0.4, 0.5) is 0 Å². The Morgan fingerprint density at radius 2 is 1.56 bits per heavy atom. The van der Waals surface area contributed by atoms with E-state index < -0.39 is 5.92 Å². The largest absolute Gasteiger partial charge is 0.497 e. The lowest BCUT2D eigenvalue weighted by molar-refractivity contribution is -0.125. The minimum Gasteiger partial charge on any atom is -0.497 e. The van der Waals surface area contributed by atoms with E-state index in [1.165, 1.54) is 0 Å². The lowest BCUT2D eigenvalue weighted by atomic mass is 9.87. The van der Waals surface area contributed by atoms with Gasteiger partial charge in [0.05, 0.1) is 34.4 Å². The monoisotopic (exact) mass is 470 g/mol. The van der Waals surface area contributed by atoms with Crippen molar-refractivity contribution in [1.29, 1.82) is 0 Å². The zero-order chi connectivity index (χ0) is 24.8. The highest BCUT2D eigenvalue weighted by Crippen LogP contribution is 2.43. The molecule has 0 aliphatic carbocycles. The van der Waals surface area contributed by atoms with Gasteiger partial charge in [0.1, 0.15) is 5.75 Å². The SMILES string of the molecule is COc1ccc(C(=O)N2C[C@H](c3cc(OC)c(OC)c(OC)c3)[C@H](C(=O)NCC(C)C)C2)cc1. The predicted molar refractivity (Wildman–Crippen MR) is 129 cm³/mol. The number of carbonyl (C=O) groups excluding carboxylic acids is 2. The highest BCUT2D eigenvalue weighted by molar-refractivity contribution is 5.95.